The molecule has 0 N–H and O–H groups in total. The standard InChI is InChI=1S/C21H12B3N3O9/c1-2-14-4-3-13(1)28-22-30-15-5-7-17(8-6-15)32-24-33-18-11-9-16(10-12-18)31-23(29-14)35-20-25-19(34-22)26-21(27-20)36-24/h1-12H. The van der Waals surface area contributed by atoms with Crippen LogP contribution in [-0.2, 0) is 0 Å². The molecular formula is C21H12B3N3O9. The highest BCUT2D eigenvalue weighted by molar-refractivity contribution is 6.40. The van der Waals surface area contributed by atoms with Crippen molar-refractivity contribution in [1.29, 1.82) is 0 Å². The van der Waals surface area contributed by atoms with Gasteiger partial charge in [0.05, 0.1) is 0 Å². The lowest BCUT2D eigenvalue weighted by Gasteiger charge is -2.15. The van der Waals surface area contributed by atoms with Crippen LogP contribution in [0.2, 0.25) is 0 Å². The van der Waals surface area contributed by atoms with Crippen LogP contribution < -0.4 is 41.9 Å². The second-order valence-corrected chi connectivity index (χ2v) is 7.52. The van der Waals surface area contributed by atoms with E-state index in [0.29, 0.717) is 34.5 Å². The Balaban J connectivity index is 1.42. The van der Waals surface area contributed by atoms with Crippen molar-refractivity contribution in [2.24, 2.45) is 0 Å². The van der Waals surface area contributed by atoms with Crippen LogP contribution in [0.15, 0.2) is 72.8 Å². The fraction of sp³-hybridized carbons (Fsp3) is 0. The lowest BCUT2D eigenvalue weighted by molar-refractivity contribution is 0.273. The third-order valence-corrected chi connectivity index (χ3v) is 5.04. The summed E-state index contributed by atoms with van der Waals surface area (Å²) in [5, 5.41) is 0. The van der Waals surface area contributed by atoms with E-state index in [0.717, 1.165) is 0 Å². The van der Waals surface area contributed by atoms with Crippen LogP contribution in [0.1, 0.15) is 0 Å². The van der Waals surface area contributed by atoms with Gasteiger partial charge in [0.1, 0.15) is 34.5 Å². The van der Waals surface area contributed by atoms with E-state index < -0.39 is 22.0 Å². The van der Waals surface area contributed by atoms with Gasteiger partial charge in [-0.15, -0.1) is 15.0 Å². The maximum Gasteiger partial charge on any atom is 0.866 e. The van der Waals surface area contributed by atoms with Crippen LogP contribution >= 0.6 is 0 Å². The van der Waals surface area contributed by atoms with Gasteiger partial charge in [0.25, 0.3) is 0 Å². The first kappa shape index (κ1) is 20.4. The van der Waals surface area contributed by atoms with E-state index in [-0.39, 0.29) is 18.0 Å². The van der Waals surface area contributed by atoms with Crippen LogP contribution in [0, 0.1) is 0 Å². The maximum atomic E-state index is 5.89. The molecule has 36 heavy (non-hydrogen) atoms. The monoisotopic (exact) mass is 483 g/mol. The first-order valence-electron chi connectivity index (χ1n) is 10.8. The molecule has 174 valence electrons. The summed E-state index contributed by atoms with van der Waals surface area (Å²) in [6.45, 7) is 0. The minimum Gasteiger partial charge on any atom is -0.490 e. The van der Waals surface area contributed by atoms with Gasteiger partial charge in [-0.05, 0) is 72.8 Å². The van der Waals surface area contributed by atoms with Crippen LogP contribution in [0.3, 0.4) is 0 Å². The highest BCUT2D eigenvalue weighted by Gasteiger charge is 2.38. The smallest absolute Gasteiger partial charge is 0.490 e. The highest BCUT2D eigenvalue weighted by atomic mass is 16.8. The predicted octanol–water partition coefficient (Wildman–Crippen LogP) is 2.38. The van der Waals surface area contributed by atoms with Gasteiger partial charge < -0.3 is 41.9 Å². The minimum absolute atomic E-state index is 0.225. The number of hydrogen-bond acceptors (Lipinski definition) is 12. The molecule has 0 saturated heterocycles. The highest BCUT2D eigenvalue weighted by Crippen LogP contribution is 2.28. The molecule has 12 nitrogen and oxygen atoms in total. The van der Waals surface area contributed by atoms with Crippen molar-refractivity contribution in [3.63, 3.8) is 0 Å². The summed E-state index contributed by atoms with van der Waals surface area (Å²) >= 11 is 0. The number of benzene rings is 3. The van der Waals surface area contributed by atoms with Gasteiger partial charge >= 0.3 is 40.0 Å². The molecule has 12 bridgehead atoms. The normalized spacial score (nSPS) is 14.8. The van der Waals surface area contributed by atoms with Gasteiger partial charge in [0.15, 0.2) is 0 Å². The van der Waals surface area contributed by atoms with Crippen molar-refractivity contribution in [1.82, 2.24) is 15.0 Å². The Hall–Kier alpha value is -4.94. The number of hydrogen-bond donors (Lipinski definition) is 0. The van der Waals surface area contributed by atoms with Crippen molar-refractivity contribution >= 4 is 22.0 Å². The summed E-state index contributed by atoms with van der Waals surface area (Å²) in [4.78, 5) is 12.6. The molecule has 4 aromatic rings. The van der Waals surface area contributed by atoms with Crippen LogP contribution in [-0.4, -0.2) is 36.9 Å². The molecule has 0 radical (unpaired) electrons. The number of fused-ring (bicyclic) bond motifs is 6. The predicted molar refractivity (Wildman–Crippen MR) is 122 cm³/mol. The lowest BCUT2D eigenvalue weighted by atomic mass is 10.2. The first-order valence-corrected chi connectivity index (χ1v) is 10.8. The Morgan fingerprint density at radius 3 is 0.694 bits per heavy atom. The molecule has 0 spiro atoms. The Bertz CT molecular complexity index is 1140. The molecule has 0 aliphatic carbocycles. The summed E-state index contributed by atoms with van der Waals surface area (Å²) in [5.74, 6) is 2.57. The average molecular weight is 483 g/mol. The molecule has 0 amide bonds. The minimum atomic E-state index is -1.29. The molecule has 0 saturated carbocycles. The van der Waals surface area contributed by atoms with E-state index in [9.17, 15) is 0 Å². The van der Waals surface area contributed by atoms with Gasteiger partial charge in [-0.3, -0.25) is 0 Å². The quantitative estimate of drug-likeness (QED) is 0.342. The van der Waals surface area contributed by atoms with E-state index >= 15 is 0 Å². The van der Waals surface area contributed by atoms with Crippen molar-refractivity contribution < 1.29 is 41.9 Å². The Labute approximate surface area is 204 Å². The number of nitrogens with zero attached hydrogens (tertiary/aromatic N) is 3. The van der Waals surface area contributed by atoms with Gasteiger partial charge in [-0.25, -0.2) is 0 Å². The zero-order valence-corrected chi connectivity index (χ0v) is 18.2. The molecule has 1 aromatic heterocycles. The van der Waals surface area contributed by atoms with E-state index in [1.165, 1.54) is 0 Å². The van der Waals surface area contributed by atoms with Gasteiger partial charge in [-0.2, -0.15) is 0 Å². The fourth-order valence-electron chi connectivity index (χ4n) is 3.41. The fourth-order valence-corrected chi connectivity index (χ4v) is 3.41. The molecule has 3 aromatic carbocycles. The molecule has 6 aliphatic rings. The Kier molecular flexibility index (Phi) is 4.76. The second-order valence-electron chi connectivity index (χ2n) is 7.52. The van der Waals surface area contributed by atoms with Crippen molar-refractivity contribution in [2.75, 3.05) is 0 Å². The van der Waals surface area contributed by atoms with Crippen LogP contribution in [0.4, 0.5) is 0 Å². The van der Waals surface area contributed by atoms with E-state index in [1.807, 2.05) is 0 Å². The Morgan fingerprint density at radius 2 is 0.500 bits per heavy atom. The average Bonchev–Trinajstić information content (AvgIpc) is 2.89. The third-order valence-electron chi connectivity index (χ3n) is 5.04. The van der Waals surface area contributed by atoms with Gasteiger partial charge in [0, 0.05) is 0 Å². The Morgan fingerprint density at radius 1 is 0.306 bits per heavy atom. The summed E-state index contributed by atoms with van der Waals surface area (Å²) in [6.07, 6.45) is 0. The molecule has 0 unspecified atom stereocenters. The summed E-state index contributed by atoms with van der Waals surface area (Å²) in [5.41, 5.74) is 0. The van der Waals surface area contributed by atoms with Crippen molar-refractivity contribution in [3.8, 4) is 52.5 Å². The molecule has 0 atom stereocenters. The molecule has 15 heteroatoms. The summed E-state index contributed by atoms with van der Waals surface area (Å²) < 4.78 is 52.8. The zero-order valence-electron chi connectivity index (χ0n) is 18.2. The zero-order chi connectivity index (χ0) is 23.9. The van der Waals surface area contributed by atoms with E-state index in [4.69, 9.17) is 41.9 Å². The number of rotatable bonds is 0. The molecular weight excluding hydrogens is 471 g/mol. The summed E-state index contributed by atoms with van der Waals surface area (Å²) in [7, 11) is -3.86. The summed E-state index contributed by atoms with van der Waals surface area (Å²) in [6, 6.07) is 19.4. The molecule has 10 rings (SSSR count). The van der Waals surface area contributed by atoms with Crippen molar-refractivity contribution in [2.45, 2.75) is 0 Å². The van der Waals surface area contributed by atoms with Crippen LogP contribution in [0.5, 0.6) is 52.5 Å². The maximum absolute atomic E-state index is 5.89. The molecule has 7 heterocycles. The van der Waals surface area contributed by atoms with E-state index in [2.05, 4.69) is 15.0 Å². The largest absolute Gasteiger partial charge is 0.866 e. The second kappa shape index (κ2) is 8.38. The van der Waals surface area contributed by atoms with Crippen molar-refractivity contribution in [3.05, 3.63) is 72.8 Å². The lowest BCUT2D eigenvalue weighted by Crippen LogP contribution is -2.39. The van der Waals surface area contributed by atoms with Gasteiger partial charge in [0.2, 0.25) is 0 Å². The SMILES string of the molecule is c1cc2ccc1OB1Oc3ccc(cc3)OB3Oc4ccc(cc4)OB(O2)Oc2nc(nc(n2)O3)O1. The van der Waals surface area contributed by atoms with Gasteiger partial charge in [-0.1, -0.05) is 0 Å². The first-order chi connectivity index (χ1) is 17.7. The molecule has 6 aliphatic heterocycles. The molecule has 0 fully saturated rings. The topological polar surface area (TPSA) is 122 Å². The number of aromatic nitrogens is 3. The van der Waals surface area contributed by atoms with Crippen LogP contribution in [0.25, 0.3) is 0 Å². The third kappa shape index (κ3) is 4.29. The van der Waals surface area contributed by atoms with E-state index in [1.54, 1.807) is 72.8 Å².